The van der Waals surface area contributed by atoms with Crippen LogP contribution in [0.25, 0.3) is 0 Å². The summed E-state index contributed by atoms with van der Waals surface area (Å²) in [6.07, 6.45) is 3.46. The number of nitrogens with zero attached hydrogens (tertiary/aromatic N) is 2. The van der Waals surface area contributed by atoms with Crippen molar-refractivity contribution >= 4 is 11.6 Å². The summed E-state index contributed by atoms with van der Waals surface area (Å²) >= 11 is 0. The number of rotatable bonds is 5. The van der Waals surface area contributed by atoms with Gasteiger partial charge in [-0.15, -0.1) is 0 Å². The summed E-state index contributed by atoms with van der Waals surface area (Å²) in [5.74, 6) is 1.55. The van der Waals surface area contributed by atoms with Gasteiger partial charge < -0.3 is 16.0 Å². The van der Waals surface area contributed by atoms with Crippen LogP contribution in [0.1, 0.15) is 26.2 Å². The van der Waals surface area contributed by atoms with Gasteiger partial charge in [-0.2, -0.15) is 0 Å². The van der Waals surface area contributed by atoms with Crippen molar-refractivity contribution in [3.05, 3.63) is 30.3 Å². The molecule has 0 amide bonds. The van der Waals surface area contributed by atoms with Crippen LogP contribution in [-0.2, 0) is 0 Å². The molecular weight excluding hydrogens is 248 g/mol. The summed E-state index contributed by atoms with van der Waals surface area (Å²) in [7, 11) is 0. The van der Waals surface area contributed by atoms with Crippen LogP contribution >= 0.6 is 0 Å². The quantitative estimate of drug-likeness (QED) is 0.493. The minimum atomic E-state index is 0.719. The van der Waals surface area contributed by atoms with Crippen molar-refractivity contribution < 1.29 is 0 Å². The van der Waals surface area contributed by atoms with Crippen LogP contribution < -0.4 is 11.1 Å². The number of hydrogen-bond acceptors (Lipinski definition) is 2. The molecule has 4 nitrogen and oxygen atoms in total. The molecule has 0 bridgehead atoms. The standard InChI is InChI=1S/C16H26N4/c1-14-8-12-20(13-9-14)16(17)19-11-5-10-18-15-6-3-2-4-7-15/h2-4,6-7,14,18H,5,8-13H2,1H3,(H2,17,19). The average Bonchev–Trinajstić information content (AvgIpc) is 2.48. The summed E-state index contributed by atoms with van der Waals surface area (Å²) in [5, 5.41) is 3.38. The van der Waals surface area contributed by atoms with Crippen LogP contribution in [0.3, 0.4) is 0 Å². The summed E-state index contributed by atoms with van der Waals surface area (Å²) in [4.78, 5) is 6.70. The zero-order chi connectivity index (χ0) is 14.2. The first kappa shape index (κ1) is 14.7. The van der Waals surface area contributed by atoms with Crippen molar-refractivity contribution in [2.24, 2.45) is 16.6 Å². The molecule has 3 N–H and O–H groups in total. The van der Waals surface area contributed by atoms with Crippen molar-refractivity contribution in [2.45, 2.75) is 26.2 Å². The van der Waals surface area contributed by atoms with Crippen LogP contribution in [-0.4, -0.2) is 37.0 Å². The van der Waals surface area contributed by atoms with E-state index in [2.05, 4.69) is 34.3 Å². The van der Waals surface area contributed by atoms with E-state index in [1.165, 1.54) is 12.8 Å². The fourth-order valence-corrected chi connectivity index (χ4v) is 2.40. The Morgan fingerprint density at radius 2 is 2.00 bits per heavy atom. The maximum absolute atomic E-state index is 6.04. The molecule has 0 spiro atoms. The van der Waals surface area contributed by atoms with Gasteiger partial charge in [0.1, 0.15) is 0 Å². The van der Waals surface area contributed by atoms with Crippen molar-refractivity contribution in [2.75, 3.05) is 31.5 Å². The zero-order valence-corrected chi connectivity index (χ0v) is 12.4. The Morgan fingerprint density at radius 3 is 2.70 bits per heavy atom. The number of para-hydroxylation sites is 1. The van der Waals surface area contributed by atoms with Crippen LogP contribution in [0.5, 0.6) is 0 Å². The van der Waals surface area contributed by atoms with Gasteiger partial charge in [0.15, 0.2) is 5.96 Å². The molecule has 2 rings (SSSR count). The molecule has 1 heterocycles. The lowest BCUT2D eigenvalue weighted by Gasteiger charge is -2.31. The van der Waals surface area contributed by atoms with E-state index in [1.807, 2.05) is 18.2 Å². The molecule has 0 aliphatic carbocycles. The van der Waals surface area contributed by atoms with Crippen LogP contribution in [0.2, 0.25) is 0 Å². The van der Waals surface area contributed by atoms with Gasteiger partial charge in [-0.05, 0) is 37.3 Å². The molecule has 0 unspecified atom stereocenters. The second-order valence-corrected chi connectivity index (χ2v) is 5.56. The number of benzene rings is 1. The van der Waals surface area contributed by atoms with Crippen LogP contribution in [0.15, 0.2) is 35.3 Å². The number of guanidine groups is 1. The second-order valence-electron chi connectivity index (χ2n) is 5.56. The molecule has 0 radical (unpaired) electrons. The van der Waals surface area contributed by atoms with E-state index in [0.717, 1.165) is 50.2 Å². The van der Waals surface area contributed by atoms with Gasteiger partial charge in [-0.25, -0.2) is 0 Å². The normalized spacial score (nSPS) is 17.2. The molecule has 1 aliphatic rings. The van der Waals surface area contributed by atoms with E-state index in [4.69, 9.17) is 5.73 Å². The number of piperidine rings is 1. The smallest absolute Gasteiger partial charge is 0.191 e. The van der Waals surface area contributed by atoms with Gasteiger partial charge in [0, 0.05) is 31.9 Å². The minimum Gasteiger partial charge on any atom is -0.385 e. The van der Waals surface area contributed by atoms with Crippen LogP contribution in [0, 0.1) is 5.92 Å². The lowest BCUT2D eigenvalue weighted by molar-refractivity contribution is 0.277. The molecular formula is C16H26N4. The molecule has 1 aliphatic heterocycles. The van der Waals surface area contributed by atoms with E-state index in [0.29, 0.717) is 0 Å². The number of likely N-dealkylation sites (tertiary alicyclic amines) is 1. The highest BCUT2D eigenvalue weighted by Crippen LogP contribution is 2.15. The largest absolute Gasteiger partial charge is 0.385 e. The predicted molar refractivity (Wildman–Crippen MR) is 86.0 cm³/mol. The van der Waals surface area contributed by atoms with Crippen molar-refractivity contribution in [3.8, 4) is 0 Å². The molecule has 4 heteroatoms. The fourth-order valence-electron chi connectivity index (χ4n) is 2.40. The molecule has 20 heavy (non-hydrogen) atoms. The first-order valence-electron chi connectivity index (χ1n) is 7.59. The monoisotopic (exact) mass is 274 g/mol. The second kappa shape index (κ2) is 7.78. The zero-order valence-electron chi connectivity index (χ0n) is 12.4. The number of nitrogens with two attached hydrogens (primary N) is 1. The third-order valence-electron chi connectivity index (χ3n) is 3.82. The molecule has 0 aromatic heterocycles. The highest BCUT2D eigenvalue weighted by molar-refractivity contribution is 5.78. The van der Waals surface area contributed by atoms with Gasteiger partial charge in [-0.3, -0.25) is 4.99 Å². The Balaban J connectivity index is 1.63. The molecule has 1 aromatic rings. The molecule has 110 valence electrons. The summed E-state index contributed by atoms with van der Waals surface area (Å²) in [6.45, 7) is 6.13. The minimum absolute atomic E-state index is 0.719. The van der Waals surface area contributed by atoms with Crippen LogP contribution in [0.4, 0.5) is 5.69 Å². The lowest BCUT2D eigenvalue weighted by Crippen LogP contribution is -2.42. The van der Waals surface area contributed by atoms with E-state index in [1.54, 1.807) is 0 Å². The summed E-state index contributed by atoms with van der Waals surface area (Å²) in [6, 6.07) is 10.3. The van der Waals surface area contributed by atoms with Gasteiger partial charge in [0.05, 0.1) is 0 Å². The Kier molecular flexibility index (Phi) is 5.71. The van der Waals surface area contributed by atoms with Crippen molar-refractivity contribution in [3.63, 3.8) is 0 Å². The molecule has 1 aromatic carbocycles. The SMILES string of the molecule is CC1CCN(C(N)=NCCCNc2ccccc2)CC1. The Hall–Kier alpha value is -1.71. The topological polar surface area (TPSA) is 53.6 Å². The maximum Gasteiger partial charge on any atom is 0.191 e. The first-order valence-corrected chi connectivity index (χ1v) is 7.59. The van der Waals surface area contributed by atoms with E-state index >= 15 is 0 Å². The fraction of sp³-hybridized carbons (Fsp3) is 0.562. The average molecular weight is 274 g/mol. The number of aliphatic imine (C=N–C) groups is 1. The maximum atomic E-state index is 6.04. The highest BCUT2D eigenvalue weighted by Gasteiger charge is 2.16. The molecule has 1 fully saturated rings. The van der Waals surface area contributed by atoms with Gasteiger partial charge in [0.25, 0.3) is 0 Å². The van der Waals surface area contributed by atoms with Gasteiger partial charge in [0.2, 0.25) is 0 Å². The first-order chi connectivity index (χ1) is 9.75. The molecule has 0 saturated carbocycles. The van der Waals surface area contributed by atoms with Gasteiger partial charge in [-0.1, -0.05) is 25.1 Å². The summed E-state index contributed by atoms with van der Waals surface area (Å²) in [5.41, 5.74) is 7.20. The molecule has 0 atom stereocenters. The Bertz CT molecular complexity index is 408. The Labute approximate surface area is 122 Å². The van der Waals surface area contributed by atoms with E-state index in [-0.39, 0.29) is 0 Å². The Morgan fingerprint density at radius 1 is 1.30 bits per heavy atom. The van der Waals surface area contributed by atoms with Crippen molar-refractivity contribution in [1.82, 2.24) is 4.90 Å². The number of hydrogen-bond donors (Lipinski definition) is 2. The third-order valence-corrected chi connectivity index (χ3v) is 3.82. The number of anilines is 1. The highest BCUT2D eigenvalue weighted by atomic mass is 15.3. The van der Waals surface area contributed by atoms with Gasteiger partial charge >= 0.3 is 0 Å². The third kappa shape index (κ3) is 4.76. The predicted octanol–water partition coefficient (Wildman–Crippen LogP) is 2.54. The van der Waals surface area contributed by atoms with E-state index < -0.39 is 0 Å². The summed E-state index contributed by atoms with van der Waals surface area (Å²) < 4.78 is 0. The van der Waals surface area contributed by atoms with E-state index in [9.17, 15) is 0 Å². The molecule has 1 saturated heterocycles. The number of nitrogens with one attached hydrogen (secondary N) is 1. The lowest BCUT2D eigenvalue weighted by atomic mass is 10.00. The van der Waals surface area contributed by atoms with Crippen molar-refractivity contribution in [1.29, 1.82) is 0 Å².